The number of halogens is 4. The second-order valence-electron chi connectivity index (χ2n) is 8.53. The van der Waals surface area contributed by atoms with Crippen LogP contribution in [0.25, 0.3) is 27.8 Å². The summed E-state index contributed by atoms with van der Waals surface area (Å²) in [6, 6.07) is 5.50. The van der Waals surface area contributed by atoms with E-state index in [1.807, 2.05) is 0 Å². The Bertz CT molecular complexity index is 1700. The quantitative estimate of drug-likeness (QED) is 0.353. The minimum Gasteiger partial charge on any atom is -0.368 e. The van der Waals surface area contributed by atoms with Crippen molar-refractivity contribution in [3.05, 3.63) is 70.8 Å². The van der Waals surface area contributed by atoms with E-state index in [9.17, 15) is 22.4 Å². The fraction of sp³-hybridized carbons (Fsp3) is 0.217. The molecular weight excluding hydrogens is 494 g/mol. The monoisotopic (exact) mass is 511 g/mol. The Morgan fingerprint density at radius 2 is 1.95 bits per heavy atom. The number of anilines is 2. The number of alkyl halides is 4. The van der Waals surface area contributed by atoms with Crippen LogP contribution in [0.2, 0.25) is 0 Å². The molecule has 5 heterocycles. The number of nitrogen functional groups attached to an aromatic ring is 1. The Morgan fingerprint density at radius 1 is 1.11 bits per heavy atom. The summed E-state index contributed by atoms with van der Waals surface area (Å²) in [7, 11) is 0. The number of benzene rings is 1. The van der Waals surface area contributed by atoms with Crippen LogP contribution in [0.5, 0.6) is 0 Å². The number of aromatic amines is 1. The maximum atomic E-state index is 15.0. The first-order valence-electron chi connectivity index (χ1n) is 11.1. The first-order chi connectivity index (χ1) is 17.7. The molecule has 14 heteroatoms. The van der Waals surface area contributed by atoms with Gasteiger partial charge in [0.25, 0.3) is 5.56 Å². The van der Waals surface area contributed by atoms with Gasteiger partial charge in [0.1, 0.15) is 17.5 Å². The zero-order valence-corrected chi connectivity index (χ0v) is 18.8. The van der Waals surface area contributed by atoms with E-state index >= 15 is 0 Å². The predicted molar refractivity (Wildman–Crippen MR) is 126 cm³/mol. The van der Waals surface area contributed by atoms with Crippen LogP contribution >= 0.6 is 0 Å². The number of nitrogens with two attached hydrogens (primary N) is 1. The Labute approximate surface area is 204 Å². The molecule has 6 rings (SSSR count). The molecule has 2 atom stereocenters. The lowest BCUT2D eigenvalue weighted by Crippen LogP contribution is -2.33. The Morgan fingerprint density at radius 3 is 2.70 bits per heavy atom. The number of rotatable bonds is 3. The molecule has 1 aromatic carbocycles. The van der Waals surface area contributed by atoms with Gasteiger partial charge < -0.3 is 15.6 Å². The third kappa shape index (κ3) is 3.72. The van der Waals surface area contributed by atoms with Gasteiger partial charge in [0.15, 0.2) is 11.5 Å². The summed E-state index contributed by atoms with van der Waals surface area (Å²) in [5.74, 6) is 0.178. The first-order valence-corrected chi connectivity index (χ1v) is 11.1. The Kier molecular flexibility index (Phi) is 5.07. The standard InChI is InChI=1S/C23H17F4N9O/c24-11-7-15(35(9-11)20-17-18(31-10-30-17)33-22(28)34-20)19-32-14-5-1-4-13(23(25,26)27)16(14)21(37)36(19)12-3-2-6-29-8-12/h1-6,8,10-11,15H,7,9H2,(H3,28,30,31,33,34)/t11-,15-/m0/s1. The lowest BCUT2D eigenvalue weighted by molar-refractivity contribution is -0.136. The van der Waals surface area contributed by atoms with E-state index in [4.69, 9.17) is 5.73 Å². The molecule has 5 aromatic rings. The normalized spacial score (nSPS) is 18.2. The first kappa shape index (κ1) is 22.8. The smallest absolute Gasteiger partial charge is 0.368 e. The van der Waals surface area contributed by atoms with Gasteiger partial charge in [0, 0.05) is 12.6 Å². The lowest BCUT2D eigenvalue weighted by atomic mass is 10.1. The van der Waals surface area contributed by atoms with Crippen LogP contribution in [0.4, 0.5) is 29.3 Å². The second kappa shape index (κ2) is 8.21. The molecule has 37 heavy (non-hydrogen) atoms. The summed E-state index contributed by atoms with van der Waals surface area (Å²) in [6.07, 6.45) is -2.06. The van der Waals surface area contributed by atoms with Gasteiger partial charge in [-0.1, -0.05) is 6.07 Å². The van der Waals surface area contributed by atoms with Gasteiger partial charge in [-0.15, -0.1) is 0 Å². The number of nitrogens with zero attached hydrogens (tertiary/aromatic N) is 7. The molecule has 0 unspecified atom stereocenters. The summed E-state index contributed by atoms with van der Waals surface area (Å²) >= 11 is 0. The van der Waals surface area contributed by atoms with Gasteiger partial charge in [-0.2, -0.15) is 23.1 Å². The number of pyridine rings is 1. The summed E-state index contributed by atoms with van der Waals surface area (Å²) in [4.78, 5) is 39.2. The van der Waals surface area contributed by atoms with Crippen molar-refractivity contribution in [2.24, 2.45) is 0 Å². The van der Waals surface area contributed by atoms with E-state index in [-0.39, 0.29) is 47.4 Å². The van der Waals surface area contributed by atoms with Crippen molar-refractivity contribution in [3.8, 4) is 5.69 Å². The summed E-state index contributed by atoms with van der Waals surface area (Å²) in [5.41, 5.74) is 4.48. The molecule has 0 radical (unpaired) electrons. The number of hydrogen-bond donors (Lipinski definition) is 2. The van der Waals surface area contributed by atoms with Crippen LogP contribution < -0.4 is 16.2 Å². The van der Waals surface area contributed by atoms with Crippen molar-refractivity contribution in [2.45, 2.75) is 24.8 Å². The Balaban J connectivity index is 1.65. The molecule has 10 nitrogen and oxygen atoms in total. The predicted octanol–water partition coefficient (Wildman–Crippen LogP) is 3.34. The van der Waals surface area contributed by atoms with E-state index in [0.29, 0.717) is 5.52 Å². The highest BCUT2D eigenvalue weighted by Gasteiger charge is 2.40. The van der Waals surface area contributed by atoms with Crippen LogP contribution in [0.1, 0.15) is 23.9 Å². The number of hydrogen-bond acceptors (Lipinski definition) is 8. The SMILES string of the molecule is Nc1nc(N2C[C@@H](F)C[C@H]2c2nc3cccc(C(F)(F)F)c3c(=O)n2-c2cccnc2)c2[nH]cnc2n1. The maximum absolute atomic E-state index is 15.0. The van der Waals surface area contributed by atoms with Crippen LogP contribution in [-0.2, 0) is 6.18 Å². The maximum Gasteiger partial charge on any atom is 0.417 e. The fourth-order valence-electron chi connectivity index (χ4n) is 4.75. The van der Waals surface area contributed by atoms with Gasteiger partial charge in [-0.25, -0.2) is 14.4 Å². The lowest BCUT2D eigenvalue weighted by Gasteiger charge is -2.27. The van der Waals surface area contributed by atoms with E-state index in [1.54, 1.807) is 4.90 Å². The molecular formula is C23H17F4N9O. The van der Waals surface area contributed by atoms with Gasteiger partial charge in [0.2, 0.25) is 5.95 Å². The largest absolute Gasteiger partial charge is 0.417 e. The molecule has 0 saturated carbocycles. The number of H-pyrrole nitrogens is 1. The minimum atomic E-state index is -4.79. The summed E-state index contributed by atoms with van der Waals surface area (Å²) in [6.45, 7) is -0.126. The molecule has 188 valence electrons. The molecule has 0 bridgehead atoms. The number of aromatic nitrogens is 7. The van der Waals surface area contributed by atoms with Crippen molar-refractivity contribution in [2.75, 3.05) is 17.2 Å². The van der Waals surface area contributed by atoms with Gasteiger partial charge in [-0.3, -0.25) is 14.3 Å². The molecule has 1 saturated heterocycles. The van der Waals surface area contributed by atoms with Crippen LogP contribution in [0, 0.1) is 0 Å². The number of fused-ring (bicyclic) bond motifs is 2. The third-order valence-electron chi connectivity index (χ3n) is 6.24. The minimum absolute atomic E-state index is 0.0369. The summed E-state index contributed by atoms with van der Waals surface area (Å²) < 4.78 is 57.5. The molecule has 4 aromatic heterocycles. The van der Waals surface area contributed by atoms with Gasteiger partial charge >= 0.3 is 6.18 Å². The van der Waals surface area contributed by atoms with E-state index < -0.39 is 34.9 Å². The molecule has 1 aliphatic rings. The van der Waals surface area contributed by atoms with E-state index in [2.05, 4.69) is 29.9 Å². The molecule has 1 aliphatic heterocycles. The van der Waals surface area contributed by atoms with Crippen molar-refractivity contribution in [3.63, 3.8) is 0 Å². The van der Waals surface area contributed by atoms with Crippen molar-refractivity contribution >= 4 is 33.8 Å². The average molecular weight is 511 g/mol. The summed E-state index contributed by atoms with van der Waals surface area (Å²) in [5, 5.41) is -0.591. The zero-order valence-electron chi connectivity index (χ0n) is 18.8. The molecule has 0 aliphatic carbocycles. The molecule has 1 fully saturated rings. The van der Waals surface area contributed by atoms with Gasteiger partial charge in [0.05, 0.1) is 47.3 Å². The highest BCUT2D eigenvalue weighted by atomic mass is 19.4. The highest BCUT2D eigenvalue weighted by Crippen LogP contribution is 2.40. The molecule has 0 spiro atoms. The van der Waals surface area contributed by atoms with Crippen molar-refractivity contribution in [1.29, 1.82) is 0 Å². The Hall–Kier alpha value is -4.62. The van der Waals surface area contributed by atoms with Crippen molar-refractivity contribution < 1.29 is 17.6 Å². The van der Waals surface area contributed by atoms with Gasteiger partial charge in [-0.05, 0) is 24.3 Å². The molecule has 3 N–H and O–H groups in total. The number of imidazole rings is 1. The average Bonchev–Trinajstić information content (AvgIpc) is 3.49. The van der Waals surface area contributed by atoms with E-state index in [1.165, 1.54) is 43.0 Å². The van der Waals surface area contributed by atoms with Crippen LogP contribution in [-0.4, -0.2) is 47.2 Å². The topological polar surface area (TPSA) is 132 Å². The zero-order chi connectivity index (χ0) is 25.9. The van der Waals surface area contributed by atoms with E-state index in [0.717, 1.165) is 10.6 Å². The number of nitrogens with one attached hydrogen (secondary N) is 1. The van der Waals surface area contributed by atoms with Crippen LogP contribution in [0.15, 0.2) is 53.8 Å². The molecule has 0 amide bonds. The van der Waals surface area contributed by atoms with Crippen molar-refractivity contribution in [1.82, 2.24) is 34.5 Å². The highest BCUT2D eigenvalue weighted by molar-refractivity contribution is 5.85. The second-order valence-corrected chi connectivity index (χ2v) is 8.53. The fourth-order valence-corrected chi connectivity index (χ4v) is 4.75. The third-order valence-corrected chi connectivity index (χ3v) is 6.24. The van der Waals surface area contributed by atoms with Crippen LogP contribution in [0.3, 0.4) is 0 Å².